The second-order valence-corrected chi connectivity index (χ2v) is 5.33. The summed E-state index contributed by atoms with van der Waals surface area (Å²) >= 11 is 0. The molecule has 0 atom stereocenters. The first-order valence-corrected chi connectivity index (χ1v) is 5.96. The van der Waals surface area contributed by atoms with Gasteiger partial charge in [0.2, 0.25) is 0 Å². The number of alkyl halides is 3. The predicted octanol–water partition coefficient (Wildman–Crippen LogP) is 3.97. The lowest BCUT2D eigenvalue weighted by atomic mass is 9.90. The Morgan fingerprint density at radius 1 is 0.950 bits per heavy atom. The monoisotopic (exact) mass is 291 g/mol. The van der Waals surface area contributed by atoms with Gasteiger partial charge in [-0.3, -0.25) is 0 Å². The third-order valence-electron chi connectivity index (χ3n) is 3.31. The molecule has 1 aromatic rings. The van der Waals surface area contributed by atoms with Gasteiger partial charge in [-0.2, -0.15) is 13.2 Å². The molecule has 2 nitrogen and oxygen atoms in total. The molecule has 111 valence electrons. The fourth-order valence-corrected chi connectivity index (χ4v) is 1.24. The largest absolute Gasteiger partial charge is 0.488 e. The highest BCUT2D eigenvalue weighted by Crippen LogP contribution is 2.33. The van der Waals surface area contributed by atoms with Crippen LogP contribution in [0.15, 0.2) is 24.3 Å². The molecule has 0 unspecified atom stereocenters. The van der Waals surface area contributed by atoms with E-state index in [1.165, 1.54) is 13.8 Å². The first-order chi connectivity index (χ1) is 8.97. The summed E-state index contributed by atoms with van der Waals surface area (Å²) in [7, 11) is 1.42. The Morgan fingerprint density at radius 3 is 1.65 bits per heavy atom. The number of rotatable bonds is 0. The minimum atomic E-state index is -4.59. The molecule has 0 spiro atoms. The zero-order chi connectivity index (χ0) is 15.6. The number of halogens is 4. The maximum absolute atomic E-state index is 12.4. The van der Waals surface area contributed by atoms with E-state index in [0.29, 0.717) is 6.07 Å². The van der Waals surface area contributed by atoms with E-state index < -0.39 is 17.6 Å². The number of benzene rings is 1. The van der Waals surface area contributed by atoms with E-state index in [1.807, 2.05) is 27.7 Å². The van der Waals surface area contributed by atoms with E-state index in [9.17, 15) is 17.6 Å². The van der Waals surface area contributed by atoms with Crippen LogP contribution in [0.25, 0.3) is 0 Å². The first kappa shape index (κ1) is 17.0. The van der Waals surface area contributed by atoms with Crippen molar-refractivity contribution in [3.63, 3.8) is 0 Å². The summed E-state index contributed by atoms with van der Waals surface area (Å²) in [5.41, 5.74) is -1.60. The van der Waals surface area contributed by atoms with Gasteiger partial charge >= 0.3 is 13.9 Å². The zero-order valence-electron chi connectivity index (χ0n) is 11.7. The van der Waals surface area contributed by atoms with Crippen LogP contribution in [0.2, 0.25) is 0 Å². The predicted molar refractivity (Wildman–Crippen MR) is 67.5 cm³/mol. The van der Waals surface area contributed by atoms with Gasteiger partial charge in [0, 0.05) is 0 Å². The smallest absolute Gasteiger partial charge is 0.405 e. The Kier molecular flexibility index (Phi) is 4.87. The van der Waals surface area contributed by atoms with Gasteiger partial charge in [0.05, 0.1) is 16.8 Å². The molecule has 0 N–H and O–H groups in total. The Labute approximate surface area is 116 Å². The van der Waals surface area contributed by atoms with Crippen LogP contribution in [0.5, 0.6) is 0 Å². The van der Waals surface area contributed by atoms with Gasteiger partial charge in [-0.25, -0.2) is 4.39 Å². The van der Waals surface area contributed by atoms with Crippen molar-refractivity contribution in [1.29, 1.82) is 0 Å². The maximum Gasteiger partial charge on any atom is 0.488 e. The van der Waals surface area contributed by atoms with Crippen LogP contribution in [0.3, 0.4) is 0 Å². The van der Waals surface area contributed by atoms with Crippen molar-refractivity contribution in [2.75, 3.05) is 0 Å². The van der Waals surface area contributed by atoms with Gasteiger partial charge < -0.3 is 9.31 Å². The molecule has 7 heteroatoms. The molecule has 2 rings (SSSR count). The summed E-state index contributed by atoms with van der Waals surface area (Å²) in [6.07, 6.45) is -4.59. The van der Waals surface area contributed by atoms with E-state index in [0.717, 1.165) is 12.1 Å². The molecule has 0 amide bonds. The van der Waals surface area contributed by atoms with Crippen LogP contribution in [-0.4, -0.2) is 18.9 Å². The highest BCUT2D eigenvalue weighted by Gasteiger charge is 2.44. The van der Waals surface area contributed by atoms with Gasteiger partial charge in [-0.05, 0) is 39.8 Å². The molecule has 0 bridgehead atoms. The fourth-order valence-electron chi connectivity index (χ4n) is 1.24. The quantitative estimate of drug-likeness (QED) is 0.532. The average Bonchev–Trinajstić information content (AvgIpc) is 2.51. The second-order valence-electron chi connectivity index (χ2n) is 5.33. The highest BCUT2D eigenvalue weighted by atomic mass is 19.4. The van der Waals surface area contributed by atoms with Crippen LogP contribution < -0.4 is 0 Å². The number of hydrogen-bond donors (Lipinski definition) is 0. The van der Waals surface area contributed by atoms with Crippen LogP contribution in [0.4, 0.5) is 17.6 Å². The van der Waals surface area contributed by atoms with Gasteiger partial charge in [0.15, 0.2) is 0 Å². The molecule has 1 aromatic carbocycles. The fraction of sp³-hybridized carbons (Fsp3) is 0.538. The SMILES string of the molecule is CC1(C)O[B]OC1(C)C.Fc1ccccc1C(F)(F)F. The van der Waals surface area contributed by atoms with Crippen molar-refractivity contribution < 1.29 is 26.9 Å². The van der Waals surface area contributed by atoms with Crippen LogP contribution in [0, 0.1) is 5.82 Å². The van der Waals surface area contributed by atoms with Gasteiger partial charge in [0.25, 0.3) is 0 Å². The Hall–Kier alpha value is -1.08. The molecule has 0 saturated carbocycles. The normalized spacial score (nSPS) is 19.8. The molecule has 1 saturated heterocycles. The highest BCUT2D eigenvalue weighted by molar-refractivity contribution is 6.19. The Balaban J connectivity index is 0.000000204. The van der Waals surface area contributed by atoms with Crippen molar-refractivity contribution in [1.82, 2.24) is 0 Å². The van der Waals surface area contributed by atoms with Crippen molar-refractivity contribution >= 4 is 7.69 Å². The lowest BCUT2D eigenvalue weighted by Crippen LogP contribution is -2.41. The summed E-state index contributed by atoms with van der Waals surface area (Å²) in [4.78, 5) is 0. The van der Waals surface area contributed by atoms with Crippen LogP contribution in [0.1, 0.15) is 33.3 Å². The third kappa shape index (κ3) is 3.96. The summed E-state index contributed by atoms with van der Waals surface area (Å²) < 4.78 is 58.2. The minimum Gasteiger partial charge on any atom is -0.405 e. The van der Waals surface area contributed by atoms with Gasteiger partial charge in [-0.1, -0.05) is 12.1 Å². The van der Waals surface area contributed by atoms with Crippen molar-refractivity contribution in [2.24, 2.45) is 0 Å². The summed E-state index contributed by atoms with van der Waals surface area (Å²) in [5, 5.41) is 0. The Morgan fingerprint density at radius 2 is 1.40 bits per heavy atom. The van der Waals surface area contributed by atoms with Gasteiger partial charge in [-0.15, -0.1) is 0 Å². The third-order valence-corrected chi connectivity index (χ3v) is 3.31. The molecular formula is C13H16BF4O2. The van der Waals surface area contributed by atoms with Crippen molar-refractivity contribution in [3.05, 3.63) is 35.6 Å². The summed E-state index contributed by atoms with van der Waals surface area (Å²) in [5.74, 6) is -1.24. The molecule has 1 fully saturated rings. The molecule has 1 aliphatic heterocycles. The Bertz CT molecular complexity index is 444. The van der Waals surface area contributed by atoms with E-state index >= 15 is 0 Å². The maximum atomic E-state index is 12.4. The van der Waals surface area contributed by atoms with Crippen LogP contribution >= 0.6 is 0 Å². The molecule has 1 radical (unpaired) electrons. The minimum absolute atomic E-state index is 0.187. The molecule has 1 aliphatic rings. The van der Waals surface area contributed by atoms with E-state index in [4.69, 9.17) is 9.31 Å². The molecule has 1 heterocycles. The molecule has 0 aliphatic carbocycles. The van der Waals surface area contributed by atoms with E-state index in [-0.39, 0.29) is 11.2 Å². The summed E-state index contributed by atoms with van der Waals surface area (Å²) in [6, 6.07) is 3.84. The average molecular weight is 291 g/mol. The molecule has 0 aromatic heterocycles. The lowest BCUT2D eigenvalue weighted by Gasteiger charge is -2.32. The summed E-state index contributed by atoms with van der Waals surface area (Å²) in [6.45, 7) is 8.04. The first-order valence-electron chi connectivity index (χ1n) is 5.96. The standard InChI is InChI=1S/C7H4F4.C6H12BO2/c8-6-4-2-1-3-5(6)7(9,10)11;1-5(2)6(3,4)9-7-8-5/h1-4H;1-4H3. The molecule has 20 heavy (non-hydrogen) atoms. The second kappa shape index (κ2) is 5.73. The van der Waals surface area contributed by atoms with Crippen molar-refractivity contribution in [3.8, 4) is 0 Å². The van der Waals surface area contributed by atoms with E-state index in [2.05, 4.69) is 0 Å². The van der Waals surface area contributed by atoms with E-state index in [1.54, 1.807) is 0 Å². The zero-order valence-corrected chi connectivity index (χ0v) is 11.7. The van der Waals surface area contributed by atoms with Crippen LogP contribution in [-0.2, 0) is 15.5 Å². The lowest BCUT2D eigenvalue weighted by molar-refractivity contribution is -0.140. The van der Waals surface area contributed by atoms with Crippen molar-refractivity contribution in [2.45, 2.75) is 45.1 Å². The topological polar surface area (TPSA) is 18.5 Å². The van der Waals surface area contributed by atoms with Gasteiger partial charge in [0.1, 0.15) is 5.82 Å². The number of hydrogen-bond acceptors (Lipinski definition) is 2. The molecular weight excluding hydrogens is 275 g/mol.